The zero-order valence-electron chi connectivity index (χ0n) is 22.0. The Morgan fingerprint density at radius 2 is 1.09 bits per heavy atom. The summed E-state index contributed by atoms with van der Waals surface area (Å²) in [4.78, 5) is 0. The van der Waals surface area contributed by atoms with Crippen LogP contribution in [0, 0.1) is 6.92 Å². The molecule has 1 aromatic carbocycles. The summed E-state index contributed by atoms with van der Waals surface area (Å²) in [5.41, 5.74) is 6.80. The van der Waals surface area contributed by atoms with Crippen molar-refractivity contribution in [1.82, 2.24) is 0 Å². The summed E-state index contributed by atoms with van der Waals surface area (Å²) in [6, 6.07) is 0. The van der Waals surface area contributed by atoms with Crippen LogP contribution in [-0.4, -0.2) is 24.4 Å². The molecule has 1 rings (SSSR count). The molecule has 0 atom stereocenters. The number of methoxy groups -OCH3 is 2. The minimum absolute atomic E-state index is 0.00740. The molecule has 0 aliphatic carbocycles. The highest BCUT2D eigenvalue weighted by Gasteiger charge is 2.22. The van der Waals surface area contributed by atoms with Crippen LogP contribution in [0.15, 0.2) is 46.6 Å². The maximum absolute atomic E-state index is 10.6. The van der Waals surface area contributed by atoms with E-state index in [0.717, 1.165) is 38.5 Å². The number of ether oxygens (including phenoxy) is 2. The summed E-state index contributed by atoms with van der Waals surface area (Å²) in [6.45, 7) is 12.6. The van der Waals surface area contributed by atoms with Gasteiger partial charge in [0.1, 0.15) is 0 Å². The van der Waals surface area contributed by atoms with Crippen molar-refractivity contribution in [2.24, 2.45) is 0 Å². The van der Waals surface area contributed by atoms with Gasteiger partial charge in [0, 0.05) is 11.1 Å². The van der Waals surface area contributed by atoms with E-state index in [1.165, 1.54) is 36.5 Å². The van der Waals surface area contributed by atoms with Gasteiger partial charge in [0.05, 0.1) is 14.2 Å². The summed E-state index contributed by atoms with van der Waals surface area (Å²) in [6.07, 6.45) is 16.1. The molecule has 0 aromatic heterocycles. The number of aromatic hydroxyl groups is 2. The molecule has 0 unspecified atom stereocenters. The van der Waals surface area contributed by atoms with E-state index in [1.807, 2.05) is 0 Å². The normalized spacial score (nSPS) is 12.7. The smallest absolute Gasteiger partial charge is 0.207 e. The lowest BCUT2D eigenvalue weighted by atomic mass is 9.99. The second-order valence-electron chi connectivity index (χ2n) is 9.12. The number of phenolic OH excluding ortho intramolecular Hbond substituents is 2. The van der Waals surface area contributed by atoms with E-state index in [1.54, 1.807) is 6.92 Å². The van der Waals surface area contributed by atoms with E-state index in [-0.39, 0.29) is 23.0 Å². The fourth-order valence-electron chi connectivity index (χ4n) is 3.73. The lowest BCUT2D eigenvalue weighted by Gasteiger charge is -2.17. The fourth-order valence-corrected chi connectivity index (χ4v) is 3.73. The minimum Gasteiger partial charge on any atom is -0.504 e. The Balaban J connectivity index is 2.62. The molecular weight excluding hydrogens is 412 g/mol. The second kappa shape index (κ2) is 14.5. The second-order valence-corrected chi connectivity index (χ2v) is 9.12. The van der Waals surface area contributed by atoms with Crippen molar-refractivity contribution in [2.45, 2.75) is 86.5 Å². The van der Waals surface area contributed by atoms with Crippen LogP contribution in [0.5, 0.6) is 23.0 Å². The predicted molar refractivity (Wildman–Crippen MR) is 140 cm³/mol. The molecule has 0 spiro atoms. The van der Waals surface area contributed by atoms with E-state index in [0.29, 0.717) is 17.5 Å². The summed E-state index contributed by atoms with van der Waals surface area (Å²) in [5, 5.41) is 21.0. The van der Waals surface area contributed by atoms with Gasteiger partial charge in [0.25, 0.3) is 0 Å². The van der Waals surface area contributed by atoms with Crippen LogP contribution >= 0.6 is 0 Å². The Labute approximate surface area is 201 Å². The van der Waals surface area contributed by atoms with Crippen molar-refractivity contribution in [3.8, 4) is 23.0 Å². The molecule has 4 heteroatoms. The fraction of sp³-hybridized carbons (Fsp3) is 0.517. The average Bonchev–Trinajstić information content (AvgIpc) is 2.75. The third-order valence-corrected chi connectivity index (χ3v) is 5.95. The molecule has 2 N–H and O–H groups in total. The summed E-state index contributed by atoms with van der Waals surface area (Å²) >= 11 is 0. The number of phenols is 2. The molecule has 0 saturated carbocycles. The van der Waals surface area contributed by atoms with Gasteiger partial charge in [-0.25, -0.2) is 0 Å². The highest BCUT2D eigenvalue weighted by molar-refractivity contribution is 5.66. The molecule has 33 heavy (non-hydrogen) atoms. The van der Waals surface area contributed by atoms with Gasteiger partial charge in [0.15, 0.2) is 11.5 Å². The highest BCUT2D eigenvalue weighted by Crippen LogP contribution is 2.48. The molecule has 0 saturated heterocycles. The number of hydrogen-bond acceptors (Lipinski definition) is 4. The molecule has 0 amide bonds. The van der Waals surface area contributed by atoms with Crippen LogP contribution < -0.4 is 9.47 Å². The van der Waals surface area contributed by atoms with Gasteiger partial charge in [-0.15, -0.1) is 0 Å². The van der Waals surface area contributed by atoms with Gasteiger partial charge in [0.2, 0.25) is 11.5 Å². The molecular formula is C29H44O4. The Hall–Kier alpha value is -2.62. The Morgan fingerprint density at radius 1 is 0.667 bits per heavy atom. The third kappa shape index (κ3) is 9.41. The van der Waals surface area contributed by atoms with E-state index in [4.69, 9.17) is 9.47 Å². The Morgan fingerprint density at radius 3 is 1.55 bits per heavy atom. The maximum Gasteiger partial charge on any atom is 0.207 e. The quantitative estimate of drug-likeness (QED) is 0.232. The van der Waals surface area contributed by atoms with Crippen molar-refractivity contribution in [2.75, 3.05) is 14.2 Å². The molecule has 0 bridgehead atoms. The van der Waals surface area contributed by atoms with Crippen LogP contribution in [0.4, 0.5) is 0 Å². The van der Waals surface area contributed by atoms with Crippen molar-refractivity contribution in [3.05, 3.63) is 57.7 Å². The molecule has 0 radical (unpaired) electrons. The van der Waals surface area contributed by atoms with Crippen molar-refractivity contribution in [3.63, 3.8) is 0 Å². The van der Waals surface area contributed by atoms with Gasteiger partial charge >= 0.3 is 0 Å². The first kappa shape index (κ1) is 28.4. The lowest BCUT2D eigenvalue weighted by Crippen LogP contribution is -1.98. The first-order valence-corrected chi connectivity index (χ1v) is 11.9. The first-order chi connectivity index (χ1) is 15.6. The van der Waals surface area contributed by atoms with Crippen LogP contribution in [0.3, 0.4) is 0 Å². The van der Waals surface area contributed by atoms with Crippen molar-refractivity contribution < 1.29 is 19.7 Å². The molecule has 0 heterocycles. The number of allylic oxidation sites excluding steroid dienone is 8. The third-order valence-electron chi connectivity index (χ3n) is 5.95. The standard InChI is InChI=1S/C29H44O4/c1-20(2)12-9-13-21(3)14-10-15-22(4)16-11-17-23(5)18-19-25-24(6)26(30)28(32-7)29(33-8)27(25)31/h12,14,16,18,30-31H,9-11,13,15,17,19H2,1-8H3/b21-14-,22-16-,23-18-. The zero-order valence-corrected chi connectivity index (χ0v) is 22.0. The number of rotatable bonds is 13. The van der Waals surface area contributed by atoms with E-state index in [9.17, 15) is 10.2 Å². The zero-order chi connectivity index (χ0) is 25.0. The number of hydrogen-bond donors (Lipinski definition) is 2. The summed E-state index contributed by atoms with van der Waals surface area (Å²) in [7, 11) is 2.90. The van der Waals surface area contributed by atoms with Crippen molar-refractivity contribution in [1.29, 1.82) is 0 Å². The largest absolute Gasteiger partial charge is 0.504 e. The first-order valence-electron chi connectivity index (χ1n) is 11.9. The molecule has 4 nitrogen and oxygen atoms in total. The van der Waals surface area contributed by atoms with Gasteiger partial charge in [-0.1, -0.05) is 46.6 Å². The highest BCUT2D eigenvalue weighted by atomic mass is 16.5. The SMILES string of the molecule is COc1c(O)c(C)c(C/C=C(/C)CC/C=C(/C)CC/C=C(/C)CCC=C(C)C)c(O)c1OC. The average molecular weight is 457 g/mol. The van der Waals surface area contributed by atoms with Crippen LogP contribution in [0.1, 0.15) is 84.3 Å². The summed E-state index contributed by atoms with van der Waals surface area (Å²) < 4.78 is 10.4. The predicted octanol–water partition coefficient (Wildman–Crippen LogP) is 8.11. The van der Waals surface area contributed by atoms with E-state index >= 15 is 0 Å². The number of benzene rings is 1. The topological polar surface area (TPSA) is 58.9 Å². The molecule has 184 valence electrons. The molecule has 0 aliphatic rings. The minimum atomic E-state index is 0.00740. The van der Waals surface area contributed by atoms with Gasteiger partial charge < -0.3 is 19.7 Å². The van der Waals surface area contributed by atoms with Crippen LogP contribution in [0.25, 0.3) is 0 Å². The van der Waals surface area contributed by atoms with Crippen LogP contribution in [-0.2, 0) is 6.42 Å². The van der Waals surface area contributed by atoms with E-state index in [2.05, 4.69) is 58.9 Å². The molecule has 0 fully saturated rings. The van der Waals surface area contributed by atoms with Gasteiger partial charge in [-0.2, -0.15) is 0 Å². The Kier molecular flexibility index (Phi) is 12.5. The maximum atomic E-state index is 10.6. The van der Waals surface area contributed by atoms with Crippen molar-refractivity contribution >= 4 is 0 Å². The molecule has 0 aliphatic heterocycles. The van der Waals surface area contributed by atoms with E-state index < -0.39 is 0 Å². The van der Waals surface area contributed by atoms with Crippen LogP contribution in [0.2, 0.25) is 0 Å². The van der Waals surface area contributed by atoms with Gasteiger partial charge in [-0.05, 0) is 86.5 Å². The Bertz CT molecular complexity index is 897. The molecule has 1 aromatic rings. The summed E-state index contributed by atoms with van der Waals surface area (Å²) in [5.74, 6) is 0.360. The lowest BCUT2D eigenvalue weighted by molar-refractivity contribution is 0.314. The monoisotopic (exact) mass is 456 g/mol. The van der Waals surface area contributed by atoms with Gasteiger partial charge in [-0.3, -0.25) is 0 Å².